The van der Waals surface area contributed by atoms with Gasteiger partial charge in [-0.05, 0) is 95.9 Å². The molecule has 0 aromatic heterocycles. The molecule has 0 spiro atoms. The molecule has 5 aromatic carbocycles. The van der Waals surface area contributed by atoms with Crippen LogP contribution in [-0.2, 0) is 39.0 Å². The lowest BCUT2D eigenvalue weighted by molar-refractivity contribution is -0.142. The Labute approximate surface area is 295 Å². The number of rotatable bonds is 16. The summed E-state index contributed by atoms with van der Waals surface area (Å²) in [6.07, 6.45) is 0.754. The molecule has 0 aliphatic rings. The second-order valence-electron chi connectivity index (χ2n) is 11.6. The van der Waals surface area contributed by atoms with Crippen molar-refractivity contribution in [2.45, 2.75) is 30.3 Å². The van der Waals surface area contributed by atoms with Crippen molar-refractivity contribution in [2.24, 2.45) is 0 Å². The number of hydrogen-bond acceptors (Lipinski definition) is 6. The SMILES string of the molecule is COc1ccc(CCNC(=O)[C@H](Cc2ccccc2)N(Cc2ccc(F)cc2)C(=O)COc2ccc(S(=O)(=O)Nc3ccc(F)cc3)cc2)cc1. The smallest absolute Gasteiger partial charge is 0.261 e. The fraction of sp³-hybridized carbons (Fsp3) is 0.179. The summed E-state index contributed by atoms with van der Waals surface area (Å²) in [6.45, 7) is -0.152. The Morgan fingerprint density at radius 2 is 1.31 bits per heavy atom. The molecule has 0 heterocycles. The third-order valence-corrected chi connectivity index (χ3v) is 9.40. The molecule has 0 aliphatic heterocycles. The number of nitrogens with one attached hydrogen (secondary N) is 2. The van der Waals surface area contributed by atoms with Gasteiger partial charge in [-0.15, -0.1) is 0 Å². The van der Waals surface area contributed by atoms with E-state index in [1.807, 2.05) is 54.6 Å². The van der Waals surface area contributed by atoms with Gasteiger partial charge in [-0.25, -0.2) is 17.2 Å². The normalized spacial score (nSPS) is 11.7. The molecule has 264 valence electrons. The highest BCUT2D eigenvalue weighted by Gasteiger charge is 2.31. The Hall–Kier alpha value is -5.75. The molecule has 12 heteroatoms. The van der Waals surface area contributed by atoms with Crippen LogP contribution in [0.4, 0.5) is 14.5 Å². The van der Waals surface area contributed by atoms with Gasteiger partial charge < -0.3 is 19.7 Å². The molecule has 0 saturated heterocycles. The van der Waals surface area contributed by atoms with Gasteiger partial charge in [-0.2, -0.15) is 0 Å². The fourth-order valence-corrected chi connectivity index (χ4v) is 6.31. The van der Waals surface area contributed by atoms with Crippen molar-refractivity contribution in [3.05, 3.63) is 156 Å². The Balaban J connectivity index is 1.32. The molecule has 2 amide bonds. The average molecular weight is 714 g/mol. The lowest BCUT2D eigenvalue weighted by Crippen LogP contribution is -2.52. The summed E-state index contributed by atoms with van der Waals surface area (Å²) >= 11 is 0. The third kappa shape index (κ3) is 10.6. The first-order valence-corrected chi connectivity index (χ1v) is 17.6. The minimum atomic E-state index is -3.98. The van der Waals surface area contributed by atoms with Crippen LogP contribution in [0.2, 0.25) is 0 Å². The fourth-order valence-electron chi connectivity index (χ4n) is 5.26. The minimum absolute atomic E-state index is 0.00188. The van der Waals surface area contributed by atoms with Crippen LogP contribution in [0.15, 0.2) is 132 Å². The molecule has 0 bridgehead atoms. The van der Waals surface area contributed by atoms with Crippen molar-refractivity contribution in [3.8, 4) is 11.5 Å². The summed E-state index contributed by atoms with van der Waals surface area (Å²) in [5, 5.41) is 2.98. The van der Waals surface area contributed by atoms with Crippen LogP contribution < -0.4 is 19.5 Å². The summed E-state index contributed by atoms with van der Waals surface area (Å²) in [5.74, 6) is -0.874. The zero-order chi connectivity index (χ0) is 36.2. The van der Waals surface area contributed by atoms with E-state index in [1.165, 1.54) is 53.4 Å². The third-order valence-electron chi connectivity index (χ3n) is 8.00. The van der Waals surface area contributed by atoms with Gasteiger partial charge in [0.15, 0.2) is 6.61 Å². The molecule has 0 radical (unpaired) electrons. The summed E-state index contributed by atoms with van der Waals surface area (Å²) in [7, 11) is -2.40. The monoisotopic (exact) mass is 713 g/mol. The van der Waals surface area contributed by atoms with Gasteiger partial charge in [0, 0.05) is 25.2 Å². The molecule has 5 rings (SSSR count). The van der Waals surface area contributed by atoms with Crippen LogP contribution in [0.5, 0.6) is 11.5 Å². The molecular formula is C39H37F2N3O6S. The molecule has 0 aliphatic carbocycles. The number of anilines is 1. The van der Waals surface area contributed by atoms with E-state index in [4.69, 9.17) is 9.47 Å². The van der Waals surface area contributed by atoms with Gasteiger partial charge >= 0.3 is 0 Å². The lowest BCUT2D eigenvalue weighted by atomic mass is 10.0. The summed E-state index contributed by atoms with van der Waals surface area (Å²) in [5.41, 5.74) is 2.63. The van der Waals surface area contributed by atoms with E-state index in [1.54, 1.807) is 19.2 Å². The number of nitrogens with zero attached hydrogens (tertiary/aromatic N) is 1. The van der Waals surface area contributed by atoms with E-state index < -0.39 is 40.2 Å². The van der Waals surface area contributed by atoms with Gasteiger partial charge in [-0.3, -0.25) is 14.3 Å². The largest absolute Gasteiger partial charge is 0.497 e. The maximum atomic E-state index is 13.9. The average Bonchev–Trinajstić information content (AvgIpc) is 3.14. The number of ether oxygens (including phenoxy) is 2. The van der Waals surface area contributed by atoms with Gasteiger partial charge in [0.25, 0.3) is 15.9 Å². The van der Waals surface area contributed by atoms with E-state index in [9.17, 15) is 26.8 Å². The molecule has 5 aromatic rings. The van der Waals surface area contributed by atoms with Crippen molar-refractivity contribution in [1.82, 2.24) is 10.2 Å². The molecule has 9 nitrogen and oxygen atoms in total. The molecular weight excluding hydrogens is 677 g/mol. The standard InChI is InChI=1S/C39H37F2N3O6S/c1-49-34-17-9-28(10-18-34)23-24-42-39(46)37(25-29-5-3-2-4-6-29)44(26-30-7-11-31(40)12-8-30)38(45)27-50-35-19-21-36(22-20-35)51(47,48)43-33-15-13-32(41)14-16-33/h2-22,37,43H,23-27H2,1H3,(H,42,46)/t37-/m0/s1. The Kier molecular flexibility index (Phi) is 12.4. The first-order chi connectivity index (χ1) is 24.6. The van der Waals surface area contributed by atoms with Crippen molar-refractivity contribution < 1.29 is 36.3 Å². The number of methoxy groups -OCH3 is 1. The second kappa shape index (κ2) is 17.3. The van der Waals surface area contributed by atoms with Gasteiger partial charge in [0.2, 0.25) is 5.91 Å². The first kappa shape index (κ1) is 36.5. The lowest BCUT2D eigenvalue weighted by Gasteiger charge is -2.31. The minimum Gasteiger partial charge on any atom is -0.497 e. The van der Waals surface area contributed by atoms with Gasteiger partial charge in [0.05, 0.1) is 12.0 Å². The van der Waals surface area contributed by atoms with E-state index >= 15 is 0 Å². The van der Waals surface area contributed by atoms with Crippen LogP contribution in [-0.4, -0.2) is 51.4 Å². The Morgan fingerprint density at radius 1 is 0.725 bits per heavy atom. The van der Waals surface area contributed by atoms with E-state index in [-0.39, 0.29) is 35.2 Å². The molecule has 0 fully saturated rings. The highest BCUT2D eigenvalue weighted by molar-refractivity contribution is 7.92. The van der Waals surface area contributed by atoms with Crippen molar-refractivity contribution >= 4 is 27.5 Å². The van der Waals surface area contributed by atoms with Crippen molar-refractivity contribution in [2.75, 3.05) is 25.0 Å². The van der Waals surface area contributed by atoms with Crippen LogP contribution in [0.1, 0.15) is 16.7 Å². The van der Waals surface area contributed by atoms with Crippen molar-refractivity contribution in [3.63, 3.8) is 0 Å². The molecule has 2 N–H and O–H groups in total. The van der Waals surface area contributed by atoms with Crippen LogP contribution in [0.3, 0.4) is 0 Å². The number of amides is 2. The number of hydrogen-bond donors (Lipinski definition) is 2. The predicted octanol–water partition coefficient (Wildman–Crippen LogP) is 6.15. The highest BCUT2D eigenvalue weighted by Crippen LogP contribution is 2.21. The first-order valence-electron chi connectivity index (χ1n) is 16.1. The number of benzene rings is 5. The van der Waals surface area contributed by atoms with Gasteiger partial charge in [0.1, 0.15) is 29.2 Å². The summed E-state index contributed by atoms with van der Waals surface area (Å²) < 4.78 is 66.1. The van der Waals surface area contributed by atoms with Crippen LogP contribution in [0, 0.1) is 11.6 Å². The zero-order valence-corrected chi connectivity index (χ0v) is 28.6. The topological polar surface area (TPSA) is 114 Å². The van der Waals surface area contributed by atoms with Crippen LogP contribution in [0.25, 0.3) is 0 Å². The number of carbonyl (C=O) groups excluding carboxylic acids is 2. The number of halogens is 2. The van der Waals surface area contributed by atoms with E-state index in [2.05, 4.69) is 10.0 Å². The molecule has 51 heavy (non-hydrogen) atoms. The highest BCUT2D eigenvalue weighted by atomic mass is 32.2. The molecule has 0 saturated carbocycles. The molecule has 1 atom stereocenters. The second-order valence-corrected chi connectivity index (χ2v) is 13.3. The Bertz CT molecular complexity index is 1990. The molecule has 0 unspecified atom stereocenters. The number of carbonyl (C=O) groups is 2. The maximum absolute atomic E-state index is 13.9. The quantitative estimate of drug-likeness (QED) is 0.127. The zero-order valence-electron chi connectivity index (χ0n) is 27.8. The number of sulfonamides is 1. The van der Waals surface area contributed by atoms with E-state index in [0.29, 0.717) is 18.5 Å². The predicted molar refractivity (Wildman–Crippen MR) is 190 cm³/mol. The van der Waals surface area contributed by atoms with Crippen LogP contribution >= 0.6 is 0 Å². The Morgan fingerprint density at radius 3 is 1.94 bits per heavy atom. The summed E-state index contributed by atoms with van der Waals surface area (Å²) in [4.78, 5) is 29.1. The van der Waals surface area contributed by atoms with E-state index in [0.717, 1.165) is 29.0 Å². The maximum Gasteiger partial charge on any atom is 0.261 e. The summed E-state index contributed by atoms with van der Waals surface area (Å²) in [6, 6.07) is 31.9. The van der Waals surface area contributed by atoms with Crippen molar-refractivity contribution in [1.29, 1.82) is 0 Å². The van der Waals surface area contributed by atoms with Gasteiger partial charge in [-0.1, -0.05) is 54.6 Å².